The standard InChI is InChI=1S/C23H33NO5/c1-7-27-20(28-8-2)23(26,16(3)24-21(25)29-22(4,5)6)19-15-11-13-17-12-9-10-14-18(17)19/h9-16,20,26H,7-8H2,1-6H3,(H,24,25). The lowest BCUT2D eigenvalue weighted by Crippen LogP contribution is -2.57. The van der Waals surface area contributed by atoms with Crippen LogP contribution in [-0.2, 0) is 19.8 Å². The molecular weight excluding hydrogens is 370 g/mol. The fourth-order valence-corrected chi connectivity index (χ4v) is 3.34. The number of amides is 1. The molecule has 2 N–H and O–H groups in total. The number of aliphatic hydroxyl groups is 1. The first kappa shape index (κ1) is 23.1. The largest absolute Gasteiger partial charge is 0.444 e. The molecule has 0 spiro atoms. The van der Waals surface area contributed by atoms with E-state index in [2.05, 4.69) is 5.32 Å². The van der Waals surface area contributed by atoms with E-state index in [9.17, 15) is 9.90 Å². The Balaban J connectivity index is 2.54. The van der Waals surface area contributed by atoms with Crippen LogP contribution in [0.4, 0.5) is 4.79 Å². The lowest BCUT2D eigenvalue weighted by atomic mass is 9.83. The summed E-state index contributed by atoms with van der Waals surface area (Å²) in [5.74, 6) is 0. The predicted octanol–water partition coefficient (Wildman–Crippen LogP) is 4.34. The van der Waals surface area contributed by atoms with Crippen LogP contribution < -0.4 is 5.32 Å². The van der Waals surface area contributed by atoms with E-state index in [4.69, 9.17) is 14.2 Å². The Kier molecular flexibility index (Phi) is 7.63. The topological polar surface area (TPSA) is 77.0 Å². The van der Waals surface area contributed by atoms with Crippen LogP contribution in [0.3, 0.4) is 0 Å². The summed E-state index contributed by atoms with van der Waals surface area (Å²) >= 11 is 0. The van der Waals surface area contributed by atoms with E-state index in [0.717, 1.165) is 10.8 Å². The van der Waals surface area contributed by atoms with E-state index in [1.165, 1.54) is 0 Å². The summed E-state index contributed by atoms with van der Waals surface area (Å²) in [5, 5.41) is 16.6. The lowest BCUT2D eigenvalue weighted by Gasteiger charge is -2.41. The number of alkyl carbamates (subject to hydrolysis) is 1. The van der Waals surface area contributed by atoms with Gasteiger partial charge in [-0.15, -0.1) is 0 Å². The molecule has 0 heterocycles. The van der Waals surface area contributed by atoms with Gasteiger partial charge < -0.3 is 24.6 Å². The van der Waals surface area contributed by atoms with E-state index in [1.54, 1.807) is 27.7 Å². The van der Waals surface area contributed by atoms with E-state index >= 15 is 0 Å². The second-order valence-corrected chi connectivity index (χ2v) is 7.96. The molecule has 0 aliphatic heterocycles. The maximum absolute atomic E-state index is 12.4. The highest BCUT2D eigenvalue weighted by Gasteiger charge is 2.47. The van der Waals surface area contributed by atoms with Crippen LogP contribution in [0.2, 0.25) is 0 Å². The molecule has 0 bridgehead atoms. The van der Waals surface area contributed by atoms with Crippen LogP contribution in [0.15, 0.2) is 42.5 Å². The predicted molar refractivity (Wildman–Crippen MR) is 114 cm³/mol. The van der Waals surface area contributed by atoms with Crippen molar-refractivity contribution in [1.82, 2.24) is 5.32 Å². The Labute approximate surface area is 173 Å². The van der Waals surface area contributed by atoms with Gasteiger partial charge >= 0.3 is 6.09 Å². The zero-order valence-electron chi connectivity index (χ0n) is 18.2. The van der Waals surface area contributed by atoms with Crippen LogP contribution >= 0.6 is 0 Å². The Morgan fingerprint density at radius 1 is 1.03 bits per heavy atom. The Morgan fingerprint density at radius 2 is 1.62 bits per heavy atom. The number of fused-ring (bicyclic) bond motifs is 1. The molecule has 2 atom stereocenters. The van der Waals surface area contributed by atoms with Gasteiger partial charge in [-0.3, -0.25) is 0 Å². The van der Waals surface area contributed by atoms with Gasteiger partial charge in [0.05, 0.1) is 6.04 Å². The third kappa shape index (κ3) is 5.47. The van der Waals surface area contributed by atoms with Gasteiger partial charge in [0.2, 0.25) is 0 Å². The number of carbonyl (C=O) groups excluding carboxylic acids is 1. The summed E-state index contributed by atoms with van der Waals surface area (Å²) in [4.78, 5) is 12.4. The van der Waals surface area contributed by atoms with Gasteiger partial charge in [0, 0.05) is 13.2 Å². The zero-order valence-corrected chi connectivity index (χ0v) is 18.2. The monoisotopic (exact) mass is 403 g/mol. The molecule has 0 fully saturated rings. The first-order chi connectivity index (χ1) is 13.6. The van der Waals surface area contributed by atoms with Gasteiger partial charge in [-0.05, 0) is 57.9 Å². The second-order valence-electron chi connectivity index (χ2n) is 7.96. The molecule has 0 radical (unpaired) electrons. The molecule has 2 unspecified atom stereocenters. The molecule has 0 saturated carbocycles. The van der Waals surface area contributed by atoms with Crippen molar-refractivity contribution in [3.8, 4) is 0 Å². The molecule has 2 aromatic rings. The first-order valence-corrected chi connectivity index (χ1v) is 10.1. The van der Waals surface area contributed by atoms with Gasteiger partial charge in [-0.25, -0.2) is 4.79 Å². The molecule has 0 saturated heterocycles. The summed E-state index contributed by atoms with van der Waals surface area (Å²) in [7, 11) is 0. The molecular formula is C23H33NO5. The van der Waals surface area contributed by atoms with Crippen molar-refractivity contribution in [1.29, 1.82) is 0 Å². The van der Waals surface area contributed by atoms with Crippen molar-refractivity contribution in [3.05, 3.63) is 48.0 Å². The number of hydrogen-bond donors (Lipinski definition) is 2. The van der Waals surface area contributed by atoms with Crippen molar-refractivity contribution in [3.63, 3.8) is 0 Å². The smallest absolute Gasteiger partial charge is 0.407 e. The van der Waals surface area contributed by atoms with Gasteiger partial charge in [-0.1, -0.05) is 42.5 Å². The second kappa shape index (κ2) is 9.57. The average Bonchev–Trinajstić information content (AvgIpc) is 2.65. The highest BCUT2D eigenvalue weighted by molar-refractivity contribution is 5.86. The van der Waals surface area contributed by atoms with Gasteiger partial charge in [0.1, 0.15) is 5.60 Å². The number of hydrogen-bond acceptors (Lipinski definition) is 5. The summed E-state index contributed by atoms with van der Waals surface area (Å²) < 4.78 is 17.0. The Bertz CT molecular complexity index is 805. The summed E-state index contributed by atoms with van der Waals surface area (Å²) in [6.45, 7) is 11.4. The molecule has 0 aliphatic rings. The third-order valence-electron chi connectivity index (χ3n) is 4.61. The maximum Gasteiger partial charge on any atom is 0.407 e. The van der Waals surface area contributed by atoms with Crippen molar-refractivity contribution < 1.29 is 24.1 Å². The molecule has 29 heavy (non-hydrogen) atoms. The quantitative estimate of drug-likeness (QED) is 0.641. The highest BCUT2D eigenvalue weighted by Crippen LogP contribution is 2.36. The maximum atomic E-state index is 12.4. The van der Waals surface area contributed by atoms with Crippen LogP contribution in [0.25, 0.3) is 10.8 Å². The number of carbonyl (C=O) groups is 1. The van der Waals surface area contributed by atoms with E-state index in [-0.39, 0.29) is 0 Å². The molecule has 6 nitrogen and oxygen atoms in total. The Morgan fingerprint density at radius 3 is 2.21 bits per heavy atom. The van der Waals surface area contributed by atoms with Gasteiger partial charge in [-0.2, -0.15) is 0 Å². The average molecular weight is 404 g/mol. The van der Waals surface area contributed by atoms with Crippen molar-refractivity contribution in [2.24, 2.45) is 0 Å². The summed E-state index contributed by atoms with van der Waals surface area (Å²) in [5.41, 5.74) is -1.68. The Hall–Kier alpha value is -2.15. The highest BCUT2D eigenvalue weighted by atomic mass is 16.7. The van der Waals surface area contributed by atoms with E-state index in [1.807, 2.05) is 56.3 Å². The van der Waals surface area contributed by atoms with Crippen LogP contribution in [-0.4, -0.2) is 42.3 Å². The van der Waals surface area contributed by atoms with Crippen LogP contribution in [0, 0.1) is 0 Å². The molecule has 160 valence electrons. The fraction of sp³-hybridized carbons (Fsp3) is 0.522. The lowest BCUT2D eigenvalue weighted by molar-refractivity contribution is -0.247. The number of rotatable bonds is 8. The molecule has 0 aliphatic carbocycles. The fourth-order valence-electron chi connectivity index (χ4n) is 3.34. The minimum absolute atomic E-state index is 0.344. The SMILES string of the molecule is CCOC(OCC)C(O)(c1cccc2ccccc12)C(C)NC(=O)OC(C)(C)C. The minimum atomic E-state index is -1.65. The van der Waals surface area contributed by atoms with Crippen molar-refractivity contribution in [2.75, 3.05) is 13.2 Å². The molecule has 1 amide bonds. The van der Waals surface area contributed by atoms with Gasteiger partial charge in [0.25, 0.3) is 0 Å². The minimum Gasteiger partial charge on any atom is -0.444 e. The van der Waals surface area contributed by atoms with Crippen LogP contribution in [0.5, 0.6) is 0 Å². The molecule has 2 rings (SSSR count). The van der Waals surface area contributed by atoms with Gasteiger partial charge in [0.15, 0.2) is 11.9 Å². The normalized spacial score (nSPS) is 15.2. The van der Waals surface area contributed by atoms with Crippen LogP contribution in [0.1, 0.15) is 47.1 Å². The van der Waals surface area contributed by atoms with Crippen molar-refractivity contribution in [2.45, 2.75) is 65.1 Å². The summed E-state index contributed by atoms with van der Waals surface area (Å²) in [6.07, 6.45) is -1.59. The molecule has 0 aromatic heterocycles. The number of ether oxygens (including phenoxy) is 3. The third-order valence-corrected chi connectivity index (χ3v) is 4.61. The first-order valence-electron chi connectivity index (χ1n) is 10.1. The van der Waals surface area contributed by atoms with Crippen molar-refractivity contribution >= 4 is 16.9 Å². The summed E-state index contributed by atoms with van der Waals surface area (Å²) in [6, 6.07) is 12.7. The molecule has 6 heteroatoms. The zero-order chi connectivity index (χ0) is 21.7. The van der Waals surface area contributed by atoms with E-state index in [0.29, 0.717) is 18.8 Å². The number of nitrogens with one attached hydrogen (secondary N) is 1. The van der Waals surface area contributed by atoms with E-state index < -0.39 is 29.6 Å². The number of benzene rings is 2. The molecule has 2 aromatic carbocycles.